The second kappa shape index (κ2) is 7.66. The average molecular weight is 273 g/mol. The molecule has 108 valence electrons. The summed E-state index contributed by atoms with van der Waals surface area (Å²) in [6.07, 6.45) is 2.70. The molecule has 1 rings (SSSR count). The minimum atomic E-state index is -0.0566. The average Bonchev–Trinajstić information content (AvgIpc) is 2.40. The maximum Gasteiger partial charge on any atom is 0.227 e. The van der Waals surface area contributed by atoms with Crippen molar-refractivity contribution in [3.05, 3.63) is 29.3 Å². The van der Waals surface area contributed by atoms with Crippen LogP contribution in [0.2, 0.25) is 0 Å². The zero-order valence-electron chi connectivity index (χ0n) is 12.4. The number of hydrogen-bond acceptors (Lipinski definition) is 3. The largest absolute Gasteiger partial charge is 0.328 e. The summed E-state index contributed by atoms with van der Waals surface area (Å²) in [7, 11) is 0. The predicted molar refractivity (Wildman–Crippen MR) is 81.2 cm³/mol. The van der Waals surface area contributed by atoms with Gasteiger partial charge in [0.1, 0.15) is 0 Å². The van der Waals surface area contributed by atoms with Crippen molar-refractivity contribution in [1.82, 2.24) is 0 Å². The van der Waals surface area contributed by atoms with Gasteiger partial charge in [0.25, 0.3) is 0 Å². The highest BCUT2D eigenvalue weighted by atomic mass is 16.1. The van der Waals surface area contributed by atoms with Crippen LogP contribution < -0.4 is 11.1 Å². The first-order valence-electron chi connectivity index (χ1n) is 7.01. The van der Waals surface area contributed by atoms with Crippen LogP contribution in [-0.4, -0.2) is 11.9 Å². The summed E-state index contributed by atoms with van der Waals surface area (Å²) >= 11 is 0. The second-order valence-electron chi connectivity index (χ2n) is 5.44. The molecule has 1 amide bonds. The van der Waals surface area contributed by atoms with Crippen molar-refractivity contribution >= 4 is 11.6 Å². The van der Waals surface area contributed by atoms with E-state index in [9.17, 15) is 4.79 Å². The van der Waals surface area contributed by atoms with Crippen LogP contribution in [0.4, 0.5) is 5.69 Å². The van der Waals surface area contributed by atoms with Crippen LogP contribution >= 0.6 is 0 Å². The third kappa shape index (κ3) is 5.02. The van der Waals surface area contributed by atoms with Crippen molar-refractivity contribution in [2.75, 3.05) is 5.32 Å². The van der Waals surface area contributed by atoms with E-state index in [4.69, 9.17) is 11.0 Å². The lowest BCUT2D eigenvalue weighted by molar-refractivity contribution is -0.119. The third-order valence-corrected chi connectivity index (χ3v) is 3.37. The fraction of sp³-hybridized carbons (Fsp3) is 0.500. The molecule has 0 aliphatic carbocycles. The van der Waals surface area contributed by atoms with Crippen LogP contribution in [0.15, 0.2) is 18.2 Å². The van der Waals surface area contributed by atoms with Gasteiger partial charge in [0.2, 0.25) is 5.91 Å². The van der Waals surface area contributed by atoms with Gasteiger partial charge in [0.15, 0.2) is 0 Å². The van der Waals surface area contributed by atoms with E-state index in [1.54, 1.807) is 12.1 Å². The molecule has 0 radical (unpaired) electrons. The lowest BCUT2D eigenvalue weighted by atomic mass is 10.0. The number of hydrogen-bond donors (Lipinski definition) is 2. The zero-order chi connectivity index (χ0) is 15.1. The first-order chi connectivity index (χ1) is 9.43. The molecule has 0 saturated carbocycles. The highest BCUT2D eigenvalue weighted by Gasteiger charge is 2.14. The van der Waals surface area contributed by atoms with Gasteiger partial charge in [0.05, 0.1) is 11.6 Å². The van der Waals surface area contributed by atoms with Crippen molar-refractivity contribution in [2.45, 2.75) is 46.1 Å². The maximum absolute atomic E-state index is 12.1. The molecular weight excluding hydrogens is 250 g/mol. The minimum Gasteiger partial charge on any atom is -0.328 e. The van der Waals surface area contributed by atoms with Gasteiger partial charge in [-0.3, -0.25) is 4.79 Å². The lowest BCUT2D eigenvalue weighted by Crippen LogP contribution is -2.22. The summed E-state index contributed by atoms with van der Waals surface area (Å²) in [4.78, 5) is 12.1. The van der Waals surface area contributed by atoms with Gasteiger partial charge in [-0.2, -0.15) is 5.26 Å². The number of carbonyl (C=O) groups is 1. The molecule has 2 unspecified atom stereocenters. The summed E-state index contributed by atoms with van der Waals surface area (Å²) in [6.45, 7) is 5.80. The van der Waals surface area contributed by atoms with Crippen LogP contribution in [-0.2, 0) is 4.79 Å². The van der Waals surface area contributed by atoms with Crippen LogP contribution in [0.1, 0.15) is 44.2 Å². The molecule has 4 heteroatoms. The van der Waals surface area contributed by atoms with Gasteiger partial charge in [-0.25, -0.2) is 0 Å². The van der Waals surface area contributed by atoms with Gasteiger partial charge >= 0.3 is 0 Å². The first-order valence-corrected chi connectivity index (χ1v) is 7.01. The number of nitrogens with one attached hydrogen (secondary N) is 1. The molecule has 3 N–H and O–H groups in total. The standard InChI is InChI=1S/C16H23N3O/c1-11-7-8-14(10-17)9-15(11)19-16(20)12(2)5-4-6-13(3)18/h7-9,12-13H,4-6,18H2,1-3H3,(H,19,20). The number of nitrogens with zero attached hydrogens (tertiary/aromatic N) is 1. The van der Waals surface area contributed by atoms with Gasteiger partial charge in [-0.15, -0.1) is 0 Å². The number of nitrogens with two attached hydrogens (primary N) is 1. The Morgan fingerprint density at radius 3 is 2.70 bits per heavy atom. The minimum absolute atomic E-state index is 0.00661. The molecule has 0 aliphatic rings. The fourth-order valence-electron chi connectivity index (χ4n) is 1.96. The molecule has 2 atom stereocenters. The number of anilines is 1. The highest BCUT2D eigenvalue weighted by molar-refractivity contribution is 5.93. The molecule has 1 aromatic rings. The van der Waals surface area contributed by atoms with Gasteiger partial charge in [-0.05, 0) is 44.4 Å². The number of aryl methyl sites for hydroxylation is 1. The Kier molecular flexibility index (Phi) is 6.20. The summed E-state index contributed by atoms with van der Waals surface area (Å²) in [5, 5.41) is 11.8. The van der Waals surface area contributed by atoms with Crippen molar-refractivity contribution in [2.24, 2.45) is 11.7 Å². The summed E-state index contributed by atoms with van der Waals surface area (Å²) < 4.78 is 0. The summed E-state index contributed by atoms with van der Waals surface area (Å²) in [5.74, 6) is -0.0632. The molecule has 4 nitrogen and oxygen atoms in total. The first kappa shape index (κ1) is 16.2. The normalized spacial score (nSPS) is 13.3. The molecule has 0 saturated heterocycles. The molecule has 0 spiro atoms. The predicted octanol–water partition coefficient (Wildman–Crippen LogP) is 2.96. The van der Waals surface area contributed by atoms with E-state index < -0.39 is 0 Å². The molecule has 0 heterocycles. The Hall–Kier alpha value is -1.86. The number of amides is 1. The Labute approximate surface area is 121 Å². The Balaban J connectivity index is 2.59. The molecule has 0 aromatic heterocycles. The number of nitriles is 1. The van der Waals surface area contributed by atoms with Crippen molar-refractivity contribution in [1.29, 1.82) is 5.26 Å². The zero-order valence-corrected chi connectivity index (χ0v) is 12.4. The third-order valence-electron chi connectivity index (χ3n) is 3.37. The molecule has 0 bridgehead atoms. The maximum atomic E-state index is 12.1. The Morgan fingerprint density at radius 2 is 2.10 bits per heavy atom. The Morgan fingerprint density at radius 1 is 1.40 bits per heavy atom. The summed E-state index contributed by atoms with van der Waals surface area (Å²) in [5.41, 5.74) is 7.92. The number of carbonyl (C=O) groups excluding carboxylic acids is 1. The van der Waals surface area contributed by atoms with Crippen LogP contribution in [0, 0.1) is 24.2 Å². The molecule has 0 aliphatic heterocycles. The summed E-state index contributed by atoms with van der Waals surface area (Å²) in [6, 6.07) is 7.56. The topological polar surface area (TPSA) is 78.9 Å². The quantitative estimate of drug-likeness (QED) is 0.836. The molecule has 1 aromatic carbocycles. The second-order valence-corrected chi connectivity index (χ2v) is 5.44. The van der Waals surface area contributed by atoms with E-state index in [0.717, 1.165) is 24.8 Å². The lowest BCUT2D eigenvalue weighted by Gasteiger charge is -2.14. The van der Waals surface area contributed by atoms with Crippen molar-refractivity contribution in [3.63, 3.8) is 0 Å². The number of benzene rings is 1. The van der Waals surface area contributed by atoms with Gasteiger partial charge in [-0.1, -0.05) is 19.4 Å². The highest BCUT2D eigenvalue weighted by Crippen LogP contribution is 2.18. The van der Waals surface area contributed by atoms with Crippen LogP contribution in [0.5, 0.6) is 0 Å². The van der Waals surface area contributed by atoms with E-state index >= 15 is 0 Å². The molecule has 20 heavy (non-hydrogen) atoms. The van der Waals surface area contributed by atoms with E-state index in [-0.39, 0.29) is 17.9 Å². The smallest absolute Gasteiger partial charge is 0.227 e. The SMILES string of the molecule is Cc1ccc(C#N)cc1NC(=O)C(C)CCCC(C)N. The van der Waals surface area contributed by atoms with E-state index in [1.807, 2.05) is 26.8 Å². The van der Waals surface area contributed by atoms with Gasteiger partial charge in [0, 0.05) is 17.6 Å². The molecular formula is C16H23N3O. The van der Waals surface area contributed by atoms with Crippen LogP contribution in [0.3, 0.4) is 0 Å². The van der Waals surface area contributed by atoms with Crippen LogP contribution in [0.25, 0.3) is 0 Å². The van der Waals surface area contributed by atoms with E-state index in [0.29, 0.717) is 11.3 Å². The monoisotopic (exact) mass is 273 g/mol. The van der Waals surface area contributed by atoms with E-state index in [2.05, 4.69) is 11.4 Å². The van der Waals surface area contributed by atoms with Crippen molar-refractivity contribution < 1.29 is 4.79 Å². The van der Waals surface area contributed by atoms with Crippen molar-refractivity contribution in [3.8, 4) is 6.07 Å². The fourth-order valence-corrected chi connectivity index (χ4v) is 1.96. The molecule has 0 fully saturated rings. The van der Waals surface area contributed by atoms with E-state index in [1.165, 1.54) is 0 Å². The Bertz CT molecular complexity index is 503. The van der Waals surface area contributed by atoms with Gasteiger partial charge < -0.3 is 11.1 Å². The number of rotatable bonds is 6.